The van der Waals surface area contributed by atoms with Gasteiger partial charge in [-0.25, -0.2) is 17.9 Å². The van der Waals surface area contributed by atoms with Crippen LogP contribution >= 0.6 is 0 Å². The molecule has 1 aliphatic heterocycles. The fourth-order valence-corrected chi connectivity index (χ4v) is 5.66. The van der Waals surface area contributed by atoms with Crippen LogP contribution in [-0.4, -0.2) is 49.3 Å². The molecule has 2 saturated carbocycles. The molecule has 0 bridgehead atoms. The van der Waals surface area contributed by atoms with E-state index in [-0.39, 0.29) is 22.5 Å². The SMILES string of the molecule is CCC1CCC2(CC1)NC(=O)N(CC(=O)Nc1cccc(S(=O)(=O)NC3CC3)c1)C2=O. The molecule has 4 rings (SSSR count). The van der Waals surface area contributed by atoms with Gasteiger partial charge < -0.3 is 10.6 Å². The summed E-state index contributed by atoms with van der Waals surface area (Å²) in [6.45, 7) is 1.71. The lowest BCUT2D eigenvalue weighted by Crippen LogP contribution is -2.49. The van der Waals surface area contributed by atoms with E-state index in [2.05, 4.69) is 22.3 Å². The molecule has 2 aliphatic carbocycles. The summed E-state index contributed by atoms with van der Waals surface area (Å²) in [4.78, 5) is 38.9. The first-order chi connectivity index (χ1) is 14.7. The largest absolute Gasteiger partial charge is 0.325 e. The highest BCUT2D eigenvalue weighted by Crippen LogP contribution is 2.37. The van der Waals surface area contributed by atoms with Crippen molar-refractivity contribution in [3.8, 4) is 0 Å². The molecule has 0 aromatic heterocycles. The molecule has 1 heterocycles. The minimum Gasteiger partial charge on any atom is -0.324 e. The van der Waals surface area contributed by atoms with Crippen molar-refractivity contribution in [3.63, 3.8) is 0 Å². The second-order valence-electron chi connectivity index (χ2n) is 8.73. The van der Waals surface area contributed by atoms with Crippen LogP contribution in [0.1, 0.15) is 51.9 Å². The monoisotopic (exact) mass is 448 g/mol. The molecule has 10 heteroatoms. The Balaban J connectivity index is 1.39. The van der Waals surface area contributed by atoms with Crippen molar-refractivity contribution in [1.82, 2.24) is 14.9 Å². The van der Waals surface area contributed by atoms with Crippen LogP contribution in [0.25, 0.3) is 0 Å². The number of nitrogens with one attached hydrogen (secondary N) is 3. The topological polar surface area (TPSA) is 125 Å². The van der Waals surface area contributed by atoms with Gasteiger partial charge in [-0.2, -0.15) is 0 Å². The van der Waals surface area contributed by atoms with Gasteiger partial charge in [0.15, 0.2) is 0 Å². The summed E-state index contributed by atoms with van der Waals surface area (Å²) in [6, 6.07) is 5.33. The highest BCUT2D eigenvalue weighted by atomic mass is 32.2. The minimum atomic E-state index is -3.65. The normalized spacial score (nSPS) is 26.2. The van der Waals surface area contributed by atoms with E-state index in [0.29, 0.717) is 18.8 Å². The average molecular weight is 449 g/mol. The third-order valence-electron chi connectivity index (χ3n) is 6.41. The van der Waals surface area contributed by atoms with Crippen LogP contribution < -0.4 is 15.4 Å². The molecule has 3 aliphatic rings. The molecule has 3 fully saturated rings. The van der Waals surface area contributed by atoms with Crippen molar-refractivity contribution in [2.24, 2.45) is 5.92 Å². The van der Waals surface area contributed by atoms with Gasteiger partial charge in [0.2, 0.25) is 15.9 Å². The summed E-state index contributed by atoms with van der Waals surface area (Å²) in [5.74, 6) is -0.356. The van der Waals surface area contributed by atoms with E-state index in [4.69, 9.17) is 0 Å². The minimum absolute atomic E-state index is 0.0253. The standard InChI is InChI=1S/C21H28N4O5S/c1-2-14-8-10-21(11-9-14)19(27)25(20(28)23-21)13-18(26)22-16-4-3-5-17(12-16)31(29,30)24-15-6-7-15/h3-5,12,14-15,24H,2,6-11,13H2,1H3,(H,22,26)(H,23,28). The zero-order valence-electron chi connectivity index (χ0n) is 17.5. The van der Waals surface area contributed by atoms with E-state index in [1.165, 1.54) is 18.2 Å². The smallest absolute Gasteiger partial charge is 0.324 e. The highest BCUT2D eigenvalue weighted by Gasteiger charge is 2.52. The summed E-state index contributed by atoms with van der Waals surface area (Å²) >= 11 is 0. The van der Waals surface area contributed by atoms with Crippen molar-refractivity contribution in [1.29, 1.82) is 0 Å². The Bertz CT molecular complexity index is 997. The number of carbonyl (C=O) groups is 3. The number of carbonyl (C=O) groups excluding carboxylic acids is 3. The lowest BCUT2D eigenvalue weighted by molar-refractivity contribution is -0.135. The molecule has 1 saturated heterocycles. The average Bonchev–Trinajstić information content (AvgIpc) is 3.51. The first-order valence-corrected chi connectivity index (χ1v) is 12.3. The molecule has 1 aromatic rings. The van der Waals surface area contributed by atoms with Crippen LogP contribution in [0.3, 0.4) is 0 Å². The van der Waals surface area contributed by atoms with Gasteiger partial charge in [0.1, 0.15) is 12.1 Å². The molecular weight excluding hydrogens is 420 g/mol. The summed E-state index contributed by atoms with van der Waals surface area (Å²) < 4.78 is 27.3. The van der Waals surface area contributed by atoms with E-state index in [1.807, 2.05) is 0 Å². The predicted molar refractivity (Wildman–Crippen MR) is 114 cm³/mol. The first kappa shape index (κ1) is 21.8. The molecule has 31 heavy (non-hydrogen) atoms. The Morgan fingerprint density at radius 2 is 1.90 bits per heavy atom. The van der Waals surface area contributed by atoms with Gasteiger partial charge in [-0.15, -0.1) is 0 Å². The van der Waals surface area contributed by atoms with Crippen LogP contribution in [-0.2, 0) is 19.6 Å². The Kier molecular flexibility index (Phi) is 5.78. The molecule has 4 amide bonds. The number of hydrogen-bond acceptors (Lipinski definition) is 5. The zero-order valence-corrected chi connectivity index (χ0v) is 18.3. The maximum atomic E-state index is 12.9. The number of benzene rings is 1. The molecule has 1 aromatic carbocycles. The number of imide groups is 1. The van der Waals surface area contributed by atoms with E-state index >= 15 is 0 Å². The second-order valence-corrected chi connectivity index (χ2v) is 10.4. The van der Waals surface area contributed by atoms with E-state index in [1.54, 1.807) is 6.07 Å². The van der Waals surface area contributed by atoms with Gasteiger partial charge >= 0.3 is 6.03 Å². The number of rotatable bonds is 7. The Morgan fingerprint density at radius 1 is 1.19 bits per heavy atom. The van der Waals surface area contributed by atoms with Gasteiger partial charge in [0.05, 0.1) is 4.90 Å². The van der Waals surface area contributed by atoms with Gasteiger partial charge in [0.25, 0.3) is 5.91 Å². The molecule has 168 valence electrons. The lowest BCUT2D eigenvalue weighted by Gasteiger charge is -2.34. The van der Waals surface area contributed by atoms with Crippen molar-refractivity contribution < 1.29 is 22.8 Å². The summed E-state index contributed by atoms with van der Waals surface area (Å²) in [6.07, 6.45) is 5.61. The fourth-order valence-electron chi connectivity index (χ4n) is 4.31. The highest BCUT2D eigenvalue weighted by molar-refractivity contribution is 7.89. The number of hydrogen-bond donors (Lipinski definition) is 3. The van der Waals surface area contributed by atoms with Gasteiger partial charge in [0, 0.05) is 11.7 Å². The molecule has 0 radical (unpaired) electrons. The number of amides is 4. The molecule has 0 unspecified atom stereocenters. The van der Waals surface area contributed by atoms with Gasteiger partial charge in [-0.1, -0.05) is 19.4 Å². The molecule has 3 N–H and O–H groups in total. The van der Waals surface area contributed by atoms with Gasteiger partial charge in [-0.3, -0.25) is 14.5 Å². The predicted octanol–water partition coefficient (Wildman–Crippen LogP) is 1.96. The van der Waals surface area contributed by atoms with Crippen LogP contribution in [0.2, 0.25) is 0 Å². The third-order valence-corrected chi connectivity index (χ3v) is 7.93. The molecule has 1 spiro atoms. The number of nitrogens with zero attached hydrogens (tertiary/aromatic N) is 1. The fraction of sp³-hybridized carbons (Fsp3) is 0.571. The van der Waals surface area contributed by atoms with Crippen molar-refractivity contribution in [3.05, 3.63) is 24.3 Å². The van der Waals surface area contributed by atoms with E-state index < -0.39 is 34.0 Å². The zero-order chi connectivity index (χ0) is 22.2. The molecule has 0 atom stereocenters. The second kappa shape index (κ2) is 8.23. The van der Waals surface area contributed by atoms with Crippen molar-refractivity contribution in [2.45, 2.75) is 68.3 Å². The van der Waals surface area contributed by atoms with Crippen LogP contribution in [0.4, 0.5) is 10.5 Å². The first-order valence-electron chi connectivity index (χ1n) is 10.8. The van der Waals surface area contributed by atoms with E-state index in [9.17, 15) is 22.8 Å². The number of anilines is 1. The van der Waals surface area contributed by atoms with Crippen molar-refractivity contribution in [2.75, 3.05) is 11.9 Å². The number of sulfonamides is 1. The van der Waals surface area contributed by atoms with Gasteiger partial charge in [-0.05, 0) is 62.6 Å². The Morgan fingerprint density at radius 3 is 2.55 bits per heavy atom. The van der Waals surface area contributed by atoms with Crippen LogP contribution in [0.15, 0.2) is 29.2 Å². The maximum Gasteiger partial charge on any atom is 0.325 e. The summed E-state index contributed by atoms with van der Waals surface area (Å²) in [7, 11) is -3.65. The molecular formula is C21H28N4O5S. The van der Waals surface area contributed by atoms with E-state index in [0.717, 1.165) is 37.0 Å². The molecule has 9 nitrogen and oxygen atoms in total. The quantitative estimate of drug-likeness (QED) is 0.550. The Labute approximate surface area is 182 Å². The summed E-state index contributed by atoms with van der Waals surface area (Å²) in [5.41, 5.74) is -0.611. The third kappa shape index (κ3) is 4.59. The summed E-state index contributed by atoms with van der Waals surface area (Å²) in [5, 5.41) is 5.40. The van der Waals surface area contributed by atoms with Crippen LogP contribution in [0.5, 0.6) is 0 Å². The van der Waals surface area contributed by atoms with Crippen molar-refractivity contribution >= 4 is 33.6 Å². The van der Waals surface area contributed by atoms with Crippen LogP contribution in [0, 0.1) is 5.92 Å². The number of urea groups is 1. The maximum absolute atomic E-state index is 12.9. The lowest BCUT2D eigenvalue weighted by atomic mass is 9.75. The Hall–Kier alpha value is -2.46.